The molecule has 0 radical (unpaired) electrons. The number of fused-ring (bicyclic) bond motifs is 1. The summed E-state index contributed by atoms with van der Waals surface area (Å²) < 4.78 is 45.5. The molecule has 3 aromatic rings. The first-order valence-corrected chi connectivity index (χ1v) is 8.46. The SMILES string of the molecule is Cc1c(C(C)NC(=O)NC(C)c2ccc(F)c(F)c2)oc2ccc(F)cc12. The van der Waals surface area contributed by atoms with E-state index < -0.39 is 29.7 Å². The van der Waals surface area contributed by atoms with Crippen molar-refractivity contribution in [3.05, 3.63) is 70.7 Å². The summed E-state index contributed by atoms with van der Waals surface area (Å²) in [5, 5.41) is 6.05. The van der Waals surface area contributed by atoms with Crippen molar-refractivity contribution < 1.29 is 22.4 Å². The Bertz CT molecular complexity index is 1000. The highest BCUT2D eigenvalue weighted by Crippen LogP contribution is 2.30. The molecule has 3 rings (SSSR count). The molecule has 0 aliphatic heterocycles. The van der Waals surface area contributed by atoms with Crippen LogP contribution < -0.4 is 10.6 Å². The quantitative estimate of drug-likeness (QED) is 0.651. The molecule has 142 valence electrons. The van der Waals surface area contributed by atoms with E-state index >= 15 is 0 Å². The Morgan fingerprint density at radius 2 is 1.67 bits per heavy atom. The van der Waals surface area contributed by atoms with Gasteiger partial charge in [-0.25, -0.2) is 18.0 Å². The molecule has 0 fully saturated rings. The molecule has 2 aromatic carbocycles. The van der Waals surface area contributed by atoms with E-state index in [9.17, 15) is 18.0 Å². The van der Waals surface area contributed by atoms with Gasteiger partial charge in [0.15, 0.2) is 11.6 Å². The van der Waals surface area contributed by atoms with Gasteiger partial charge in [0.2, 0.25) is 0 Å². The summed E-state index contributed by atoms with van der Waals surface area (Å²) in [6.07, 6.45) is 0. The second-order valence-corrected chi connectivity index (χ2v) is 6.47. The van der Waals surface area contributed by atoms with Crippen LogP contribution in [0.2, 0.25) is 0 Å². The van der Waals surface area contributed by atoms with Crippen LogP contribution in [0.5, 0.6) is 0 Å². The molecule has 7 heteroatoms. The molecule has 2 unspecified atom stereocenters. The van der Waals surface area contributed by atoms with E-state index in [1.165, 1.54) is 18.2 Å². The maximum Gasteiger partial charge on any atom is 0.315 e. The van der Waals surface area contributed by atoms with Gasteiger partial charge in [0.05, 0.1) is 12.1 Å². The van der Waals surface area contributed by atoms with Crippen molar-refractivity contribution in [1.29, 1.82) is 0 Å². The number of urea groups is 1. The molecule has 0 spiro atoms. The molecule has 0 aliphatic rings. The van der Waals surface area contributed by atoms with E-state index in [1.54, 1.807) is 26.8 Å². The van der Waals surface area contributed by atoms with Crippen LogP contribution in [0.1, 0.15) is 42.8 Å². The molecule has 0 aliphatic carbocycles. The predicted octanol–water partition coefficient (Wildman–Crippen LogP) is 5.28. The van der Waals surface area contributed by atoms with E-state index in [-0.39, 0.29) is 5.82 Å². The maximum absolute atomic E-state index is 13.4. The average Bonchev–Trinajstić information content (AvgIpc) is 2.93. The largest absolute Gasteiger partial charge is 0.459 e. The Kier molecular flexibility index (Phi) is 5.12. The van der Waals surface area contributed by atoms with Crippen molar-refractivity contribution in [2.24, 2.45) is 0 Å². The van der Waals surface area contributed by atoms with Gasteiger partial charge in [-0.3, -0.25) is 0 Å². The summed E-state index contributed by atoms with van der Waals surface area (Å²) >= 11 is 0. The summed E-state index contributed by atoms with van der Waals surface area (Å²) in [5.41, 5.74) is 1.71. The van der Waals surface area contributed by atoms with Gasteiger partial charge < -0.3 is 15.1 Å². The monoisotopic (exact) mass is 376 g/mol. The fourth-order valence-electron chi connectivity index (χ4n) is 2.99. The molecule has 2 amide bonds. The van der Waals surface area contributed by atoms with Crippen LogP contribution in [0.3, 0.4) is 0 Å². The summed E-state index contributed by atoms with van der Waals surface area (Å²) in [6.45, 7) is 5.19. The number of nitrogens with one attached hydrogen (secondary N) is 2. The van der Waals surface area contributed by atoms with E-state index in [0.717, 1.165) is 17.7 Å². The minimum Gasteiger partial charge on any atom is -0.459 e. The van der Waals surface area contributed by atoms with Crippen LogP contribution in [0.25, 0.3) is 11.0 Å². The highest BCUT2D eigenvalue weighted by atomic mass is 19.2. The molecule has 2 atom stereocenters. The minimum absolute atomic E-state index is 0.364. The number of halogens is 3. The third kappa shape index (κ3) is 3.92. The molecule has 27 heavy (non-hydrogen) atoms. The van der Waals surface area contributed by atoms with E-state index in [0.29, 0.717) is 22.3 Å². The standard InChI is InChI=1S/C20H19F3N2O2/c1-10-15-9-14(21)5-7-18(15)27-19(10)12(3)25-20(26)24-11(2)13-4-6-16(22)17(23)8-13/h4-9,11-12H,1-3H3,(H2,24,25,26). The van der Waals surface area contributed by atoms with E-state index in [1.807, 2.05) is 0 Å². The van der Waals surface area contributed by atoms with Crippen LogP contribution >= 0.6 is 0 Å². The van der Waals surface area contributed by atoms with Gasteiger partial charge in [0, 0.05) is 10.9 Å². The van der Waals surface area contributed by atoms with Gasteiger partial charge in [0.1, 0.15) is 17.2 Å². The lowest BCUT2D eigenvalue weighted by molar-refractivity contribution is 0.233. The van der Waals surface area contributed by atoms with Crippen molar-refractivity contribution in [1.82, 2.24) is 10.6 Å². The molecule has 2 N–H and O–H groups in total. The number of carbonyl (C=O) groups is 1. The Morgan fingerprint density at radius 1 is 0.963 bits per heavy atom. The number of hydrogen-bond acceptors (Lipinski definition) is 2. The lowest BCUT2D eigenvalue weighted by atomic mass is 10.1. The Morgan fingerprint density at radius 3 is 2.37 bits per heavy atom. The molecule has 1 aromatic heterocycles. The molecule has 0 saturated carbocycles. The summed E-state index contributed by atoms with van der Waals surface area (Å²) in [4.78, 5) is 12.3. The third-order valence-electron chi connectivity index (χ3n) is 4.47. The average molecular weight is 376 g/mol. The lowest BCUT2D eigenvalue weighted by Gasteiger charge is -2.18. The number of hydrogen-bond donors (Lipinski definition) is 2. The Balaban J connectivity index is 1.70. The first-order valence-electron chi connectivity index (χ1n) is 8.46. The zero-order chi connectivity index (χ0) is 19.7. The number of carbonyl (C=O) groups excluding carboxylic acids is 1. The van der Waals surface area contributed by atoms with Gasteiger partial charge >= 0.3 is 6.03 Å². The van der Waals surface area contributed by atoms with Crippen molar-refractivity contribution in [2.75, 3.05) is 0 Å². The van der Waals surface area contributed by atoms with E-state index in [4.69, 9.17) is 4.42 Å². The number of rotatable bonds is 4. The summed E-state index contributed by atoms with van der Waals surface area (Å²) in [7, 11) is 0. The first-order chi connectivity index (χ1) is 12.8. The molecular formula is C20H19F3N2O2. The Labute approximate surface area is 154 Å². The third-order valence-corrected chi connectivity index (χ3v) is 4.47. The number of amides is 2. The molecule has 0 saturated heterocycles. The maximum atomic E-state index is 13.4. The fraction of sp³-hybridized carbons (Fsp3) is 0.250. The topological polar surface area (TPSA) is 54.3 Å². The van der Waals surface area contributed by atoms with Crippen molar-refractivity contribution >= 4 is 17.0 Å². The van der Waals surface area contributed by atoms with Crippen LogP contribution in [-0.2, 0) is 0 Å². The Hall–Kier alpha value is -2.96. The van der Waals surface area contributed by atoms with Gasteiger partial charge in [-0.15, -0.1) is 0 Å². The second kappa shape index (κ2) is 7.34. The molecule has 1 heterocycles. The highest BCUT2D eigenvalue weighted by Gasteiger charge is 2.20. The molecule has 4 nitrogen and oxygen atoms in total. The van der Waals surface area contributed by atoms with Gasteiger partial charge in [0.25, 0.3) is 0 Å². The van der Waals surface area contributed by atoms with Crippen molar-refractivity contribution in [3.63, 3.8) is 0 Å². The number of furan rings is 1. The van der Waals surface area contributed by atoms with Crippen molar-refractivity contribution in [2.45, 2.75) is 32.9 Å². The highest BCUT2D eigenvalue weighted by molar-refractivity contribution is 5.82. The smallest absolute Gasteiger partial charge is 0.315 e. The normalized spacial score (nSPS) is 13.4. The zero-order valence-corrected chi connectivity index (χ0v) is 15.1. The fourth-order valence-corrected chi connectivity index (χ4v) is 2.99. The first kappa shape index (κ1) is 18.8. The molecule has 0 bridgehead atoms. The van der Waals surface area contributed by atoms with Gasteiger partial charge in [-0.2, -0.15) is 0 Å². The van der Waals surface area contributed by atoms with Crippen LogP contribution in [0.15, 0.2) is 40.8 Å². The van der Waals surface area contributed by atoms with Crippen molar-refractivity contribution in [3.8, 4) is 0 Å². The molecular weight excluding hydrogens is 357 g/mol. The summed E-state index contributed by atoms with van der Waals surface area (Å²) in [6, 6.07) is 6.20. The van der Waals surface area contributed by atoms with E-state index in [2.05, 4.69) is 10.6 Å². The number of benzene rings is 2. The lowest BCUT2D eigenvalue weighted by Crippen LogP contribution is -2.38. The zero-order valence-electron chi connectivity index (χ0n) is 15.1. The number of aryl methyl sites for hydroxylation is 1. The van der Waals surface area contributed by atoms with Gasteiger partial charge in [-0.1, -0.05) is 6.07 Å². The van der Waals surface area contributed by atoms with Crippen LogP contribution in [0.4, 0.5) is 18.0 Å². The predicted molar refractivity (Wildman–Crippen MR) is 95.8 cm³/mol. The summed E-state index contributed by atoms with van der Waals surface area (Å²) in [5.74, 6) is -1.76. The van der Waals surface area contributed by atoms with Gasteiger partial charge in [-0.05, 0) is 56.7 Å². The minimum atomic E-state index is -0.972. The second-order valence-electron chi connectivity index (χ2n) is 6.47. The van der Waals surface area contributed by atoms with Crippen LogP contribution in [-0.4, -0.2) is 6.03 Å². The van der Waals surface area contributed by atoms with Crippen LogP contribution in [0, 0.1) is 24.4 Å².